The summed E-state index contributed by atoms with van der Waals surface area (Å²) in [7, 11) is 0. The number of nitrogens with zero attached hydrogens (tertiary/aromatic N) is 1. The van der Waals surface area contributed by atoms with Crippen molar-refractivity contribution in [3.63, 3.8) is 0 Å². The van der Waals surface area contributed by atoms with Crippen LogP contribution in [0.3, 0.4) is 0 Å². The van der Waals surface area contributed by atoms with Crippen LogP contribution in [-0.4, -0.2) is 19.1 Å². The quantitative estimate of drug-likeness (QED) is 0.887. The van der Waals surface area contributed by atoms with Crippen molar-refractivity contribution in [2.45, 2.75) is 32.7 Å². The molecule has 0 bridgehead atoms. The molecule has 1 N–H and O–H groups in total. The van der Waals surface area contributed by atoms with Crippen molar-refractivity contribution in [2.24, 2.45) is 0 Å². The van der Waals surface area contributed by atoms with Crippen LogP contribution in [0.15, 0.2) is 36.4 Å². The Morgan fingerprint density at radius 3 is 2.55 bits per heavy atom. The fourth-order valence-corrected chi connectivity index (χ4v) is 3.46. The topological polar surface area (TPSA) is 15.3 Å². The normalized spacial score (nSPS) is 15.8. The number of piperidine rings is 1. The first-order chi connectivity index (χ1) is 10.7. The number of aryl methyl sites for hydroxylation is 2. The van der Waals surface area contributed by atoms with E-state index < -0.39 is 0 Å². The van der Waals surface area contributed by atoms with Gasteiger partial charge < -0.3 is 10.2 Å². The minimum atomic E-state index is 0.468. The maximum Gasteiger partial charge on any atom is 0.0643 e. The number of rotatable bonds is 3. The van der Waals surface area contributed by atoms with Crippen molar-refractivity contribution in [3.05, 3.63) is 58.6 Å². The van der Waals surface area contributed by atoms with Gasteiger partial charge in [0, 0.05) is 11.7 Å². The average molecular weight is 314 g/mol. The van der Waals surface area contributed by atoms with Gasteiger partial charge >= 0.3 is 0 Å². The SMILES string of the molecule is Cc1[c]cc(N(c2ccccc2Cl)C2CCNCC2)c(C)c1. The van der Waals surface area contributed by atoms with Crippen LogP contribution in [0.4, 0.5) is 11.4 Å². The minimum Gasteiger partial charge on any atom is -0.337 e. The summed E-state index contributed by atoms with van der Waals surface area (Å²) in [5, 5.41) is 4.25. The summed E-state index contributed by atoms with van der Waals surface area (Å²) in [6, 6.07) is 16.2. The van der Waals surface area contributed by atoms with Gasteiger partial charge in [-0.05, 0) is 75.2 Å². The highest BCUT2D eigenvalue weighted by Crippen LogP contribution is 2.37. The van der Waals surface area contributed by atoms with E-state index in [-0.39, 0.29) is 0 Å². The van der Waals surface area contributed by atoms with Crippen LogP contribution < -0.4 is 10.2 Å². The van der Waals surface area contributed by atoms with E-state index in [0.717, 1.165) is 36.6 Å². The molecule has 3 rings (SSSR count). The highest BCUT2D eigenvalue weighted by atomic mass is 35.5. The van der Waals surface area contributed by atoms with Crippen LogP contribution in [0.1, 0.15) is 24.0 Å². The first-order valence-corrected chi connectivity index (χ1v) is 8.28. The maximum absolute atomic E-state index is 6.50. The zero-order valence-corrected chi connectivity index (χ0v) is 14.0. The van der Waals surface area contributed by atoms with Gasteiger partial charge in [0.2, 0.25) is 0 Å². The third-order valence-corrected chi connectivity index (χ3v) is 4.64. The molecule has 1 aliphatic heterocycles. The zero-order chi connectivity index (χ0) is 15.5. The molecule has 2 aromatic carbocycles. The second-order valence-electron chi connectivity index (χ2n) is 5.99. The Labute approximate surface area is 138 Å². The summed E-state index contributed by atoms with van der Waals surface area (Å²) < 4.78 is 0. The van der Waals surface area contributed by atoms with Crippen molar-refractivity contribution in [3.8, 4) is 0 Å². The van der Waals surface area contributed by atoms with Gasteiger partial charge in [0.15, 0.2) is 0 Å². The predicted octanol–water partition coefficient (Wildman–Crippen LogP) is 4.65. The highest BCUT2D eigenvalue weighted by Gasteiger charge is 2.25. The van der Waals surface area contributed by atoms with E-state index in [2.05, 4.69) is 54.4 Å². The lowest BCUT2D eigenvalue weighted by Gasteiger charge is -2.37. The second kappa shape index (κ2) is 6.72. The van der Waals surface area contributed by atoms with Gasteiger partial charge in [0.05, 0.1) is 10.7 Å². The van der Waals surface area contributed by atoms with Gasteiger partial charge in [0.25, 0.3) is 0 Å². The van der Waals surface area contributed by atoms with Crippen molar-refractivity contribution < 1.29 is 0 Å². The second-order valence-corrected chi connectivity index (χ2v) is 6.39. The van der Waals surface area contributed by atoms with E-state index in [1.165, 1.54) is 16.8 Å². The molecule has 2 aromatic rings. The minimum absolute atomic E-state index is 0.468. The molecule has 3 heteroatoms. The fraction of sp³-hybridized carbons (Fsp3) is 0.368. The molecule has 115 valence electrons. The third-order valence-electron chi connectivity index (χ3n) is 4.32. The summed E-state index contributed by atoms with van der Waals surface area (Å²) in [6.07, 6.45) is 2.25. The average Bonchev–Trinajstić information content (AvgIpc) is 2.52. The van der Waals surface area contributed by atoms with Crippen molar-refractivity contribution in [1.82, 2.24) is 5.32 Å². The van der Waals surface area contributed by atoms with Crippen molar-refractivity contribution in [1.29, 1.82) is 0 Å². The molecule has 0 unspecified atom stereocenters. The van der Waals surface area contributed by atoms with Gasteiger partial charge in [-0.2, -0.15) is 0 Å². The molecule has 0 saturated carbocycles. The molecule has 1 saturated heterocycles. The molecular weight excluding hydrogens is 292 g/mol. The van der Waals surface area contributed by atoms with Gasteiger partial charge in [-0.15, -0.1) is 0 Å². The first kappa shape index (κ1) is 15.4. The molecular formula is C19H22ClN2. The Kier molecular flexibility index (Phi) is 4.70. The van der Waals surface area contributed by atoms with Crippen molar-refractivity contribution >= 4 is 23.0 Å². The number of hydrogen-bond donors (Lipinski definition) is 1. The van der Waals surface area contributed by atoms with E-state index in [4.69, 9.17) is 11.6 Å². The molecule has 1 heterocycles. The summed E-state index contributed by atoms with van der Waals surface area (Å²) in [5.41, 5.74) is 4.75. The Balaban J connectivity index is 2.08. The van der Waals surface area contributed by atoms with Crippen LogP contribution in [0.2, 0.25) is 5.02 Å². The fourth-order valence-electron chi connectivity index (χ4n) is 3.23. The summed E-state index contributed by atoms with van der Waals surface area (Å²) in [6.45, 7) is 6.36. The number of halogens is 1. The molecule has 22 heavy (non-hydrogen) atoms. The molecule has 1 fully saturated rings. The summed E-state index contributed by atoms with van der Waals surface area (Å²) >= 11 is 6.50. The largest absolute Gasteiger partial charge is 0.337 e. The molecule has 1 radical (unpaired) electrons. The van der Waals surface area contributed by atoms with Crippen LogP contribution in [-0.2, 0) is 0 Å². The van der Waals surface area contributed by atoms with Gasteiger partial charge in [-0.25, -0.2) is 0 Å². The number of hydrogen-bond acceptors (Lipinski definition) is 2. The van der Waals surface area contributed by atoms with E-state index in [0.29, 0.717) is 6.04 Å². The van der Waals surface area contributed by atoms with Gasteiger partial charge in [-0.3, -0.25) is 0 Å². The molecule has 0 spiro atoms. The maximum atomic E-state index is 6.50. The number of para-hydroxylation sites is 1. The van der Waals surface area contributed by atoms with Crippen LogP contribution in [0.5, 0.6) is 0 Å². The molecule has 0 amide bonds. The lowest BCUT2D eigenvalue weighted by molar-refractivity contribution is 0.452. The van der Waals surface area contributed by atoms with Crippen LogP contribution in [0, 0.1) is 19.9 Å². The van der Waals surface area contributed by atoms with Crippen LogP contribution >= 0.6 is 11.6 Å². The molecule has 2 nitrogen and oxygen atoms in total. The summed E-state index contributed by atoms with van der Waals surface area (Å²) in [5.74, 6) is 0. The molecule has 0 aromatic heterocycles. The van der Waals surface area contributed by atoms with E-state index in [1.807, 2.05) is 12.1 Å². The number of benzene rings is 2. The molecule has 0 atom stereocenters. The molecule has 0 aliphatic carbocycles. The Bertz CT molecular complexity index is 648. The van der Waals surface area contributed by atoms with Crippen molar-refractivity contribution in [2.75, 3.05) is 18.0 Å². The van der Waals surface area contributed by atoms with E-state index in [1.54, 1.807) is 0 Å². The van der Waals surface area contributed by atoms with Crippen LogP contribution in [0.25, 0.3) is 0 Å². The third kappa shape index (κ3) is 3.13. The number of anilines is 2. The zero-order valence-electron chi connectivity index (χ0n) is 13.2. The van der Waals surface area contributed by atoms with Gasteiger partial charge in [-0.1, -0.05) is 29.8 Å². The lowest BCUT2D eigenvalue weighted by Crippen LogP contribution is -2.41. The predicted molar refractivity (Wildman–Crippen MR) is 94.2 cm³/mol. The van der Waals surface area contributed by atoms with Gasteiger partial charge in [0.1, 0.15) is 0 Å². The summed E-state index contributed by atoms with van der Waals surface area (Å²) in [4.78, 5) is 2.41. The Morgan fingerprint density at radius 2 is 1.86 bits per heavy atom. The lowest BCUT2D eigenvalue weighted by atomic mass is 10.0. The van der Waals surface area contributed by atoms with E-state index in [9.17, 15) is 0 Å². The highest BCUT2D eigenvalue weighted by molar-refractivity contribution is 6.33. The Hall–Kier alpha value is -1.51. The standard InChI is InChI=1S/C19H22ClN2/c1-14-7-8-18(15(2)13-14)22(16-9-11-21-12-10-16)19-6-4-3-5-17(19)20/h3-6,8,13,16,21H,9-12H2,1-2H3. The molecule has 1 aliphatic rings. The smallest absolute Gasteiger partial charge is 0.0643 e. The van der Waals surface area contributed by atoms with E-state index >= 15 is 0 Å². The Morgan fingerprint density at radius 1 is 1.14 bits per heavy atom. The number of nitrogens with one attached hydrogen (secondary N) is 1. The first-order valence-electron chi connectivity index (χ1n) is 7.90. The monoisotopic (exact) mass is 313 g/mol.